The molecule has 0 fully saturated rings. The van der Waals surface area contributed by atoms with E-state index in [0.29, 0.717) is 0 Å². The van der Waals surface area contributed by atoms with Gasteiger partial charge in [-0.1, -0.05) is 109 Å². The van der Waals surface area contributed by atoms with Crippen molar-refractivity contribution in [3.8, 4) is 27.9 Å². The van der Waals surface area contributed by atoms with Crippen LogP contribution in [0.2, 0.25) is 0 Å². The van der Waals surface area contributed by atoms with Crippen molar-refractivity contribution in [1.82, 2.24) is 9.55 Å². The largest absolute Gasteiger partial charge is 0.408 e. The topological polar surface area (TPSA) is 38.1 Å². The van der Waals surface area contributed by atoms with Crippen molar-refractivity contribution in [2.24, 2.45) is 0 Å². The van der Waals surface area contributed by atoms with E-state index in [0.717, 1.165) is 33.3 Å². The number of rotatable bonds is 5. The van der Waals surface area contributed by atoms with E-state index in [2.05, 4.69) is 142 Å². The van der Waals surface area contributed by atoms with Gasteiger partial charge in [-0.3, -0.25) is 4.57 Å². The molecule has 0 aliphatic rings. The van der Waals surface area contributed by atoms with E-state index in [-0.39, 0.29) is 0 Å². The predicted molar refractivity (Wildman–Crippen MR) is 188 cm³/mol. The quantitative estimate of drug-likeness (QED) is 0.266. The lowest BCUT2D eigenvalue weighted by Crippen LogP contribution is -2.55. The number of imidazole rings is 1. The van der Waals surface area contributed by atoms with E-state index < -0.39 is 10.6 Å². The van der Waals surface area contributed by atoms with Crippen LogP contribution in [-0.2, 0) is 5.21 Å². The van der Waals surface area contributed by atoms with Crippen LogP contribution in [0.1, 0.15) is 5.82 Å². The van der Waals surface area contributed by atoms with Crippen molar-refractivity contribution in [2.75, 3.05) is 0 Å². The second-order valence-corrected chi connectivity index (χ2v) is 12.2. The van der Waals surface area contributed by atoms with Crippen LogP contribution >= 0.6 is 0 Å². The van der Waals surface area contributed by atoms with Crippen molar-refractivity contribution in [2.45, 2.75) is 10.6 Å². The van der Waals surface area contributed by atoms with E-state index in [9.17, 15) is 5.11 Å². The summed E-state index contributed by atoms with van der Waals surface area (Å²) in [5.41, 5.74) is 7.83. The molecule has 3 nitrogen and oxygen atoms in total. The zero-order valence-electron chi connectivity index (χ0n) is 24.5. The summed E-state index contributed by atoms with van der Waals surface area (Å²) in [5.74, 6) is 0.838. The first-order valence-electron chi connectivity index (χ1n) is 14.6. The Hall–Kier alpha value is -4.47. The highest BCUT2D eigenvalue weighted by molar-refractivity contribution is 6.53. The first kappa shape index (κ1) is 26.4. The number of hydrogen-bond donors (Lipinski definition) is 1. The average molecular weight is 538 g/mol. The van der Waals surface area contributed by atoms with Gasteiger partial charge in [-0.25, -0.2) is 4.98 Å². The Morgan fingerprint density at radius 2 is 1.07 bits per heavy atom. The number of benzene rings is 6. The Labute approximate surface area is 249 Å². The molecule has 0 saturated heterocycles. The molecular weight excluding hydrogens is 508 g/mol. The maximum atomic E-state index is 11.4. The van der Waals surface area contributed by atoms with E-state index >= 15 is 0 Å². The molecule has 0 aliphatic heterocycles. The normalized spacial score (nSPS) is 12.3. The molecule has 7 aromatic rings. The summed E-state index contributed by atoms with van der Waals surface area (Å²) in [6.07, 6.45) is 0. The molecule has 198 valence electrons. The summed E-state index contributed by atoms with van der Waals surface area (Å²) in [4.78, 5) is 5.17. The van der Waals surface area contributed by atoms with Gasteiger partial charge in [0.05, 0.1) is 16.7 Å². The fourth-order valence-corrected chi connectivity index (χ4v) is 6.09. The number of aromatic nitrogens is 2. The van der Waals surface area contributed by atoms with Crippen LogP contribution in [0.15, 0.2) is 127 Å². The second kappa shape index (κ2) is 9.82. The van der Waals surface area contributed by atoms with Gasteiger partial charge < -0.3 is 5.11 Å². The molecule has 0 bridgehead atoms. The average Bonchev–Trinajstić information content (AvgIpc) is 3.40. The smallest absolute Gasteiger partial charge is 0.131 e. The Morgan fingerprint density at radius 3 is 1.71 bits per heavy atom. The minimum absolute atomic E-state index is 0.642. The Bertz CT molecular complexity index is 2060. The molecule has 0 radical (unpaired) electrons. The summed E-state index contributed by atoms with van der Waals surface area (Å²) in [6.45, 7) is 0. The van der Waals surface area contributed by atoms with Gasteiger partial charge in [0.2, 0.25) is 0 Å². The fraction of sp³-hybridized carbons (Fsp3) is 0.0571. The SMILES string of the molecule is BC(B)(O)C(B)(B)c1nc2ccccc2n1-c1c2ccccc2c(-c2cccc(-c3ccccc3)c2)c2ccccc12. The van der Waals surface area contributed by atoms with Crippen molar-refractivity contribution >= 4 is 64.0 Å². The van der Waals surface area contributed by atoms with Gasteiger partial charge in [0, 0.05) is 10.8 Å². The fourth-order valence-electron chi connectivity index (χ4n) is 6.09. The third kappa shape index (κ3) is 4.11. The van der Waals surface area contributed by atoms with Crippen LogP contribution in [0.25, 0.3) is 60.5 Å². The van der Waals surface area contributed by atoms with E-state index in [4.69, 9.17) is 4.98 Å². The van der Waals surface area contributed by atoms with E-state index in [1.165, 1.54) is 33.0 Å². The lowest BCUT2D eigenvalue weighted by atomic mass is 9.35. The highest BCUT2D eigenvalue weighted by Crippen LogP contribution is 2.44. The molecule has 0 spiro atoms. The monoisotopic (exact) mass is 538 g/mol. The highest BCUT2D eigenvalue weighted by atomic mass is 16.3. The van der Waals surface area contributed by atoms with Gasteiger partial charge in [0.15, 0.2) is 0 Å². The molecule has 1 aromatic heterocycles. The summed E-state index contributed by atoms with van der Waals surface area (Å²) in [6, 6.07) is 45.1. The number of nitrogens with zero attached hydrogens (tertiary/aromatic N) is 2. The second-order valence-electron chi connectivity index (χ2n) is 12.2. The Morgan fingerprint density at radius 1 is 0.548 bits per heavy atom. The molecule has 0 saturated carbocycles. The molecule has 0 amide bonds. The van der Waals surface area contributed by atoms with Crippen molar-refractivity contribution < 1.29 is 5.11 Å². The molecule has 0 unspecified atom stereocenters. The standard InChI is InChI=1S/C35H30B4N2O/c36-34(37,35(38,39)42)33-40-29-19-8-9-20-30(29)41(33)32-27-17-6-4-15-25(27)31(26-16-5-7-18-28(26)32)24-14-10-13-23(21-24)22-11-2-1-3-12-22/h1-21,42H,36-39H2. The lowest BCUT2D eigenvalue weighted by molar-refractivity contribution is 0.189. The highest BCUT2D eigenvalue weighted by Gasteiger charge is 2.40. The third-order valence-corrected chi connectivity index (χ3v) is 9.03. The minimum atomic E-state index is -1.00. The van der Waals surface area contributed by atoms with Crippen LogP contribution in [-0.4, -0.2) is 51.4 Å². The molecule has 1 N–H and O–H groups in total. The molecular formula is C35H30B4N2O. The molecule has 6 aromatic carbocycles. The van der Waals surface area contributed by atoms with Gasteiger partial charge in [-0.15, -0.1) is 0 Å². The molecule has 42 heavy (non-hydrogen) atoms. The first-order valence-corrected chi connectivity index (χ1v) is 14.6. The zero-order valence-corrected chi connectivity index (χ0v) is 24.5. The molecule has 7 heteroatoms. The molecule has 0 atom stereocenters. The lowest BCUT2D eigenvalue weighted by Gasteiger charge is -2.38. The molecule has 0 aliphatic carbocycles. The maximum absolute atomic E-state index is 11.4. The summed E-state index contributed by atoms with van der Waals surface area (Å²) in [7, 11) is 7.91. The van der Waals surface area contributed by atoms with Gasteiger partial charge in [-0.05, 0) is 61.8 Å². The van der Waals surface area contributed by atoms with Gasteiger partial charge in [0.1, 0.15) is 37.2 Å². The number of hydrogen-bond acceptors (Lipinski definition) is 2. The number of fused-ring (bicyclic) bond motifs is 3. The molecule has 1 heterocycles. The van der Waals surface area contributed by atoms with Crippen molar-refractivity contribution in [1.29, 1.82) is 0 Å². The van der Waals surface area contributed by atoms with E-state index in [1.807, 2.05) is 21.8 Å². The Balaban J connectivity index is 1.61. The van der Waals surface area contributed by atoms with Crippen molar-refractivity contribution in [3.63, 3.8) is 0 Å². The number of aliphatic hydroxyl groups is 1. The number of para-hydroxylation sites is 2. The van der Waals surface area contributed by atoms with Crippen LogP contribution in [0.4, 0.5) is 0 Å². The summed E-state index contributed by atoms with van der Waals surface area (Å²) < 4.78 is 2.29. The summed E-state index contributed by atoms with van der Waals surface area (Å²) >= 11 is 0. The Kier molecular flexibility index (Phi) is 6.18. The summed E-state index contributed by atoms with van der Waals surface area (Å²) in [5, 5.41) is 14.4. The minimum Gasteiger partial charge on any atom is -0.408 e. The van der Waals surface area contributed by atoms with Gasteiger partial charge in [0.25, 0.3) is 0 Å². The van der Waals surface area contributed by atoms with Gasteiger partial charge in [-0.2, -0.15) is 0 Å². The van der Waals surface area contributed by atoms with Crippen molar-refractivity contribution in [3.05, 3.63) is 133 Å². The van der Waals surface area contributed by atoms with Crippen LogP contribution in [0, 0.1) is 0 Å². The predicted octanol–water partition coefficient (Wildman–Crippen LogP) is 4.00. The van der Waals surface area contributed by atoms with Crippen LogP contribution in [0.5, 0.6) is 0 Å². The van der Waals surface area contributed by atoms with Gasteiger partial charge >= 0.3 is 0 Å². The van der Waals surface area contributed by atoms with Crippen LogP contribution < -0.4 is 0 Å². The maximum Gasteiger partial charge on any atom is 0.131 e. The first-order chi connectivity index (χ1) is 20.3. The van der Waals surface area contributed by atoms with E-state index in [1.54, 1.807) is 0 Å². The molecule has 7 rings (SSSR count). The zero-order chi connectivity index (χ0) is 29.1. The van der Waals surface area contributed by atoms with Crippen LogP contribution in [0.3, 0.4) is 0 Å². The third-order valence-electron chi connectivity index (χ3n) is 9.03.